The molecule has 98 valence electrons. The second kappa shape index (κ2) is 3.56. The van der Waals surface area contributed by atoms with Crippen LogP contribution in [0.1, 0.15) is 24.8 Å². The summed E-state index contributed by atoms with van der Waals surface area (Å²) < 4.78 is 38.8. The first kappa shape index (κ1) is 11.7. The molecule has 2 aliphatic rings. The third kappa shape index (κ3) is 1.49. The van der Waals surface area contributed by atoms with Crippen molar-refractivity contribution >= 4 is 11.4 Å². The average Bonchev–Trinajstić information content (AvgIpc) is 2.25. The first-order valence-corrected chi connectivity index (χ1v) is 6.12. The van der Waals surface area contributed by atoms with Crippen molar-refractivity contribution in [2.24, 2.45) is 0 Å². The fraction of sp³-hybridized carbons (Fsp3) is 0.538. The molecule has 0 saturated heterocycles. The zero-order valence-corrected chi connectivity index (χ0v) is 10.1. The van der Waals surface area contributed by atoms with Gasteiger partial charge in [-0.25, -0.2) is 0 Å². The zero-order valence-electron chi connectivity index (χ0n) is 10.1. The van der Waals surface area contributed by atoms with Crippen LogP contribution in [-0.2, 0) is 6.18 Å². The second-order valence-corrected chi connectivity index (χ2v) is 5.19. The summed E-state index contributed by atoms with van der Waals surface area (Å²) >= 11 is 0. The molecule has 1 saturated carbocycles. The lowest BCUT2D eigenvalue weighted by molar-refractivity contribution is -0.137. The number of para-hydroxylation sites is 1. The highest BCUT2D eigenvalue weighted by Gasteiger charge is 2.46. The van der Waals surface area contributed by atoms with Crippen molar-refractivity contribution < 1.29 is 13.2 Å². The average molecular weight is 256 g/mol. The molecule has 1 aromatic carbocycles. The second-order valence-electron chi connectivity index (χ2n) is 5.19. The van der Waals surface area contributed by atoms with Gasteiger partial charge in [0.15, 0.2) is 0 Å². The largest absolute Gasteiger partial charge is 0.418 e. The maximum atomic E-state index is 12.9. The van der Waals surface area contributed by atoms with E-state index < -0.39 is 11.7 Å². The van der Waals surface area contributed by atoms with Gasteiger partial charge in [-0.1, -0.05) is 6.07 Å². The lowest BCUT2D eigenvalue weighted by Crippen LogP contribution is -2.59. The number of alkyl halides is 3. The van der Waals surface area contributed by atoms with Crippen LogP contribution in [0.3, 0.4) is 0 Å². The molecule has 2 nitrogen and oxygen atoms in total. The van der Waals surface area contributed by atoms with Gasteiger partial charge in [0.05, 0.1) is 22.5 Å². The molecule has 5 heteroatoms. The SMILES string of the molecule is CN1c2cccc(C(F)(F)F)c2NCC12CCC2. The molecule has 0 radical (unpaired) electrons. The topological polar surface area (TPSA) is 15.3 Å². The Hall–Kier alpha value is -1.39. The minimum Gasteiger partial charge on any atom is -0.381 e. The summed E-state index contributed by atoms with van der Waals surface area (Å²) in [5.74, 6) is 0. The molecular weight excluding hydrogens is 241 g/mol. The molecule has 1 fully saturated rings. The molecule has 0 aromatic heterocycles. The summed E-state index contributed by atoms with van der Waals surface area (Å²) in [6.07, 6.45) is -1.05. The van der Waals surface area contributed by atoms with Crippen molar-refractivity contribution in [3.63, 3.8) is 0 Å². The number of nitrogens with one attached hydrogen (secondary N) is 1. The lowest BCUT2D eigenvalue weighted by atomic mass is 9.74. The minimum absolute atomic E-state index is 0.0250. The number of rotatable bonds is 0. The van der Waals surface area contributed by atoms with Crippen molar-refractivity contribution in [1.29, 1.82) is 0 Å². The monoisotopic (exact) mass is 256 g/mol. The van der Waals surface area contributed by atoms with Crippen LogP contribution in [0.4, 0.5) is 24.5 Å². The van der Waals surface area contributed by atoms with Crippen molar-refractivity contribution in [3.05, 3.63) is 23.8 Å². The van der Waals surface area contributed by atoms with Crippen molar-refractivity contribution in [2.75, 3.05) is 23.8 Å². The maximum Gasteiger partial charge on any atom is 0.418 e. The number of nitrogens with zero attached hydrogens (tertiary/aromatic N) is 1. The Bertz CT molecular complexity index is 478. The summed E-state index contributed by atoms with van der Waals surface area (Å²) in [5, 5.41) is 3.00. The van der Waals surface area contributed by atoms with Crippen molar-refractivity contribution in [2.45, 2.75) is 31.0 Å². The van der Waals surface area contributed by atoms with E-state index in [9.17, 15) is 13.2 Å². The number of anilines is 2. The van der Waals surface area contributed by atoms with Gasteiger partial charge < -0.3 is 10.2 Å². The van der Waals surface area contributed by atoms with E-state index in [-0.39, 0.29) is 11.2 Å². The Balaban J connectivity index is 2.07. The highest BCUT2D eigenvalue weighted by Crippen LogP contribution is 2.48. The van der Waals surface area contributed by atoms with Crippen LogP contribution in [-0.4, -0.2) is 19.1 Å². The van der Waals surface area contributed by atoms with E-state index >= 15 is 0 Å². The fourth-order valence-corrected chi connectivity index (χ4v) is 2.97. The smallest absolute Gasteiger partial charge is 0.381 e. The van der Waals surface area contributed by atoms with Gasteiger partial charge in [0, 0.05) is 13.6 Å². The fourth-order valence-electron chi connectivity index (χ4n) is 2.97. The number of hydrogen-bond donors (Lipinski definition) is 1. The van der Waals surface area contributed by atoms with E-state index in [0.717, 1.165) is 25.3 Å². The number of benzene rings is 1. The van der Waals surface area contributed by atoms with Gasteiger partial charge in [0.1, 0.15) is 0 Å². The lowest BCUT2D eigenvalue weighted by Gasteiger charge is -2.53. The standard InChI is InChI=1S/C13H15F3N2/c1-18-10-5-2-4-9(13(14,15)16)11(10)17-8-12(18)6-3-7-12/h2,4-5,17H,3,6-8H2,1H3. The van der Waals surface area contributed by atoms with Crippen LogP contribution in [0.5, 0.6) is 0 Å². The molecule has 1 aromatic rings. The molecule has 18 heavy (non-hydrogen) atoms. The number of fused-ring (bicyclic) bond motifs is 1. The molecule has 3 rings (SSSR count). The van der Waals surface area contributed by atoms with Gasteiger partial charge in [-0.05, 0) is 31.4 Å². The molecule has 0 bridgehead atoms. The van der Waals surface area contributed by atoms with Crippen LogP contribution in [0.15, 0.2) is 18.2 Å². The minimum atomic E-state index is -4.30. The van der Waals surface area contributed by atoms with Gasteiger partial charge in [-0.3, -0.25) is 0 Å². The van der Waals surface area contributed by atoms with Gasteiger partial charge in [-0.2, -0.15) is 13.2 Å². The Morgan fingerprint density at radius 2 is 2.00 bits per heavy atom. The Morgan fingerprint density at radius 1 is 1.28 bits per heavy atom. The van der Waals surface area contributed by atoms with Crippen LogP contribution < -0.4 is 10.2 Å². The molecule has 1 heterocycles. The first-order chi connectivity index (χ1) is 8.44. The number of hydrogen-bond acceptors (Lipinski definition) is 2. The third-order valence-corrected chi connectivity index (χ3v) is 4.30. The van der Waals surface area contributed by atoms with Gasteiger partial charge in [-0.15, -0.1) is 0 Å². The van der Waals surface area contributed by atoms with Crippen LogP contribution in [0.25, 0.3) is 0 Å². The van der Waals surface area contributed by atoms with E-state index in [1.807, 2.05) is 11.9 Å². The Labute approximate surface area is 104 Å². The predicted molar refractivity (Wildman–Crippen MR) is 64.9 cm³/mol. The van der Waals surface area contributed by atoms with E-state index in [4.69, 9.17) is 0 Å². The summed E-state index contributed by atoms with van der Waals surface area (Å²) in [6, 6.07) is 4.38. The van der Waals surface area contributed by atoms with E-state index in [0.29, 0.717) is 12.2 Å². The number of likely N-dealkylation sites (N-methyl/N-ethyl adjacent to an activating group) is 1. The summed E-state index contributed by atoms with van der Waals surface area (Å²) in [5.41, 5.74) is 0.346. The number of halogens is 3. The van der Waals surface area contributed by atoms with Gasteiger partial charge in [0.2, 0.25) is 0 Å². The molecule has 0 atom stereocenters. The first-order valence-electron chi connectivity index (χ1n) is 6.12. The highest BCUT2D eigenvalue weighted by molar-refractivity contribution is 5.77. The van der Waals surface area contributed by atoms with Crippen LogP contribution >= 0.6 is 0 Å². The molecule has 1 N–H and O–H groups in total. The molecule has 1 aliphatic heterocycles. The van der Waals surface area contributed by atoms with E-state index in [1.54, 1.807) is 6.07 Å². The Morgan fingerprint density at radius 3 is 2.56 bits per heavy atom. The molecular formula is C13H15F3N2. The molecule has 1 spiro atoms. The quantitative estimate of drug-likeness (QED) is 0.764. The Kier molecular flexibility index (Phi) is 2.31. The highest BCUT2D eigenvalue weighted by atomic mass is 19.4. The predicted octanol–water partition coefficient (Wildman–Crippen LogP) is 3.49. The molecule has 0 amide bonds. The molecule has 1 aliphatic carbocycles. The molecule has 0 unspecified atom stereocenters. The van der Waals surface area contributed by atoms with Crippen molar-refractivity contribution in [3.8, 4) is 0 Å². The maximum absolute atomic E-state index is 12.9. The van der Waals surface area contributed by atoms with Crippen LogP contribution in [0.2, 0.25) is 0 Å². The summed E-state index contributed by atoms with van der Waals surface area (Å²) in [7, 11) is 1.90. The summed E-state index contributed by atoms with van der Waals surface area (Å²) in [6.45, 7) is 0.601. The van der Waals surface area contributed by atoms with E-state index in [2.05, 4.69) is 5.32 Å². The van der Waals surface area contributed by atoms with Crippen LogP contribution in [0, 0.1) is 0 Å². The summed E-state index contributed by atoms with van der Waals surface area (Å²) in [4.78, 5) is 2.03. The third-order valence-electron chi connectivity index (χ3n) is 4.30. The van der Waals surface area contributed by atoms with E-state index in [1.165, 1.54) is 6.07 Å². The van der Waals surface area contributed by atoms with Gasteiger partial charge >= 0.3 is 6.18 Å². The van der Waals surface area contributed by atoms with Gasteiger partial charge in [0.25, 0.3) is 0 Å². The zero-order chi connectivity index (χ0) is 13.0. The van der Waals surface area contributed by atoms with Crippen molar-refractivity contribution in [1.82, 2.24) is 0 Å². The normalized spacial score (nSPS) is 21.2.